The average molecular weight is 496 g/mol. The van der Waals surface area contributed by atoms with Gasteiger partial charge in [0, 0.05) is 26.2 Å². The lowest BCUT2D eigenvalue weighted by Gasteiger charge is -2.46. The van der Waals surface area contributed by atoms with Crippen LogP contribution in [0.3, 0.4) is 0 Å². The number of piperidine rings is 1. The van der Waals surface area contributed by atoms with Crippen molar-refractivity contribution in [2.24, 2.45) is 11.3 Å². The molecule has 5 rings (SSSR count). The van der Waals surface area contributed by atoms with Gasteiger partial charge in [-0.2, -0.15) is 18.3 Å². The summed E-state index contributed by atoms with van der Waals surface area (Å²) in [7, 11) is 0. The van der Waals surface area contributed by atoms with Gasteiger partial charge in [-0.1, -0.05) is 13.3 Å². The minimum absolute atomic E-state index is 0.0257. The molecule has 0 radical (unpaired) electrons. The largest absolute Gasteiger partial charge is 0.451 e. The first kappa shape index (κ1) is 23.6. The van der Waals surface area contributed by atoms with Gasteiger partial charge in [-0.15, -0.1) is 0 Å². The van der Waals surface area contributed by atoms with Crippen molar-refractivity contribution in [1.82, 2.24) is 29.7 Å². The van der Waals surface area contributed by atoms with E-state index in [2.05, 4.69) is 41.8 Å². The van der Waals surface area contributed by atoms with Gasteiger partial charge in [-0.3, -0.25) is 0 Å². The lowest BCUT2D eigenvalue weighted by atomic mass is 9.68. The molecule has 35 heavy (non-hydrogen) atoms. The van der Waals surface area contributed by atoms with E-state index in [4.69, 9.17) is 0 Å². The minimum Gasteiger partial charge on any atom is -0.369 e. The van der Waals surface area contributed by atoms with E-state index in [-0.39, 0.29) is 5.41 Å². The fourth-order valence-electron chi connectivity index (χ4n) is 5.43. The molecule has 2 saturated heterocycles. The molecule has 2 atom stereocenters. The second-order valence-electron chi connectivity index (χ2n) is 9.25. The zero-order chi connectivity index (χ0) is 24.8. The normalized spacial score (nSPS) is 23.2. The number of anilines is 2. The predicted molar refractivity (Wildman–Crippen MR) is 118 cm³/mol. The molecule has 188 valence electrons. The molecule has 2 aliphatic rings. The molecule has 5 heterocycles. The van der Waals surface area contributed by atoms with Crippen LogP contribution >= 0.6 is 0 Å². The number of nitrogens with zero attached hydrogens (tertiary/aromatic N) is 8. The number of rotatable bonds is 5. The molecule has 3 aromatic rings. The van der Waals surface area contributed by atoms with Crippen molar-refractivity contribution in [2.75, 3.05) is 36.0 Å². The third kappa shape index (κ3) is 4.47. The Morgan fingerprint density at radius 2 is 1.74 bits per heavy atom. The van der Waals surface area contributed by atoms with E-state index >= 15 is 0 Å². The molecule has 3 aromatic heterocycles. The molecule has 0 bridgehead atoms. The molecule has 13 heteroatoms. The van der Waals surface area contributed by atoms with Gasteiger partial charge in [0.1, 0.15) is 17.9 Å². The highest BCUT2D eigenvalue weighted by molar-refractivity contribution is 5.71. The van der Waals surface area contributed by atoms with Crippen LogP contribution in [0.15, 0.2) is 24.8 Å². The van der Waals surface area contributed by atoms with E-state index in [1.807, 2.05) is 0 Å². The monoisotopic (exact) mass is 496 g/mol. The first-order valence-corrected chi connectivity index (χ1v) is 11.5. The summed E-state index contributed by atoms with van der Waals surface area (Å²) in [6.07, 6.45) is 1.21. The molecule has 8 nitrogen and oxygen atoms in total. The van der Waals surface area contributed by atoms with Gasteiger partial charge in [0.25, 0.3) is 6.43 Å². The van der Waals surface area contributed by atoms with E-state index in [0.29, 0.717) is 41.7 Å². The van der Waals surface area contributed by atoms with Crippen molar-refractivity contribution in [3.63, 3.8) is 0 Å². The summed E-state index contributed by atoms with van der Waals surface area (Å²) in [6.45, 7) is 4.49. The molecule has 1 unspecified atom stereocenters. The van der Waals surface area contributed by atoms with Crippen LogP contribution in [0.2, 0.25) is 0 Å². The lowest BCUT2D eigenvalue weighted by molar-refractivity contribution is -0.145. The molecule has 0 amide bonds. The van der Waals surface area contributed by atoms with Crippen molar-refractivity contribution in [1.29, 1.82) is 0 Å². The quantitative estimate of drug-likeness (QED) is 0.494. The highest BCUT2D eigenvalue weighted by atomic mass is 19.4. The third-order valence-electron chi connectivity index (χ3n) is 7.29. The van der Waals surface area contributed by atoms with Crippen LogP contribution in [-0.2, 0) is 12.7 Å². The first-order chi connectivity index (χ1) is 16.7. The Balaban J connectivity index is 1.31. The minimum atomic E-state index is -4.56. The summed E-state index contributed by atoms with van der Waals surface area (Å²) >= 11 is 0. The fraction of sp³-hybridized carbons (Fsp3) is 0.591. The van der Waals surface area contributed by atoms with Crippen LogP contribution in [0, 0.1) is 11.3 Å². The smallest absolute Gasteiger partial charge is 0.369 e. The van der Waals surface area contributed by atoms with Gasteiger partial charge in [0.15, 0.2) is 5.65 Å². The van der Waals surface area contributed by atoms with Crippen molar-refractivity contribution >= 4 is 22.7 Å². The Morgan fingerprint density at radius 3 is 2.40 bits per heavy atom. The summed E-state index contributed by atoms with van der Waals surface area (Å²) in [5.41, 5.74) is 1.43. The van der Waals surface area contributed by atoms with Crippen molar-refractivity contribution < 1.29 is 22.0 Å². The van der Waals surface area contributed by atoms with E-state index in [0.717, 1.165) is 32.4 Å². The Morgan fingerprint density at radius 1 is 1.03 bits per heavy atom. The maximum Gasteiger partial charge on any atom is 0.451 e. The fourth-order valence-corrected chi connectivity index (χ4v) is 5.43. The summed E-state index contributed by atoms with van der Waals surface area (Å²) < 4.78 is 65.4. The summed E-state index contributed by atoms with van der Waals surface area (Å²) in [6, 6.07) is 0. The maximum atomic E-state index is 12.9. The Hall–Kier alpha value is -3.12. The molecule has 0 aliphatic carbocycles. The SMILES string of the molecule is CC[C@@H]1CN(c2cnc(C(F)(F)F)nc2)CCC12CCN(c1cnc3cnn(CC(F)F)c3n1)C2. The Bertz CT molecular complexity index is 1180. The summed E-state index contributed by atoms with van der Waals surface area (Å²) in [5, 5.41) is 3.98. The number of fused-ring (bicyclic) bond motifs is 1. The van der Waals surface area contributed by atoms with E-state index in [9.17, 15) is 22.0 Å². The zero-order valence-electron chi connectivity index (χ0n) is 19.1. The van der Waals surface area contributed by atoms with Crippen LogP contribution in [0.5, 0.6) is 0 Å². The molecule has 1 spiro atoms. The van der Waals surface area contributed by atoms with Gasteiger partial charge in [0.05, 0.1) is 30.5 Å². The number of alkyl halides is 5. The molecule has 2 fully saturated rings. The van der Waals surface area contributed by atoms with E-state index in [1.54, 1.807) is 6.20 Å². The number of aromatic nitrogens is 6. The van der Waals surface area contributed by atoms with Crippen LogP contribution in [0.25, 0.3) is 11.2 Å². The third-order valence-corrected chi connectivity index (χ3v) is 7.29. The maximum absolute atomic E-state index is 12.9. The van der Waals surface area contributed by atoms with E-state index < -0.39 is 25.0 Å². The highest BCUT2D eigenvalue weighted by Gasteiger charge is 2.47. The number of halogens is 5. The summed E-state index contributed by atoms with van der Waals surface area (Å²) in [4.78, 5) is 20.2. The molecular formula is C22H25F5N8. The van der Waals surface area contributed by atoms with Gasteiger partial charge in [-0.25, -0.2) is 33.4 Å². The van der Waals surface area contributed by atoms with Gasteiger partial charge < -0.3 is 9.80 Å². The van der Waals surface area contributed by atoms with Crippen LogP contribution < -0.4 is 9.80 Å². The van der Waals surface area contributed by atoms with Gasteiger partial charge in [0.2, 0.25) is 5.82 Å². The number of hydrogen-bond acceptors (Lipinski definition) is 7. The molecule has 0 aromatic carbocycles. The highest BCUT2D eigenvalue weighted by Crippen LogP contribution is 2.47. The van der Waals surface area contributed by atoms with Crippen LogP contribution in [-0.4, -0.2) is 62.3 Å². The molecule has 0 N–H and O–H groups in total. The molecular weight excluding hydrogens is 471 g/mol. The van der Waals surface area contributed by atoms with Crippen molar-refractivity contribution in [3.8, 4) is 0 Å². The first-order valence-electron chi connectivity index (χ1n) is 11.5. The van der Waals surface area contributed by atoms with Gasteiger partial charge in [-0.05, 0) is 24.2 Å². The lowest BCUT2D eigenvalue weighted by Crippen LogP contribution is -2.48. The molecule has 0 saturated carbocycles. The molecule has 2 aliphatic heterocycles. The average Bonchev–Trinajstić information content (AvgIpc) is 3.43. The van der Waals surface area contributed by atoms with Crippen molar-refractivity contribution in [3.05, 3.63) is 30.6 Å². The van der Waals surface area contributed by atoms with Crippen LogP contribution in [0.4, 0.5) is 33.5 Å². The van der Waals surface area contributed by atoms with Crippen molar-refractivity contribution in [2.45, 2.75) is 45.3 Å². The van der Waals surface area contributed by atoms with Crippen LogP contribution in [0.1, 0.15) is 32.0 Å². The van der Waals surface area contributed by atoms with Gasteiger partial charge >= 0.3 is 6.18 Å². The standard InChI is InChI=1S/C22H25F5N8/c1-2-14-11-33(15-7-29-20(30-8-15)22(25,26)27)5-3-21(14)4-6-34(13-21)18-10-28-16-9-31-35(12-17(23)24)19(16)32-18/h7-10,14,17H,2-6,11-13H2,1H3/t14-,21?/m1/s1. The second kappa shape index (κ2) is 8.83. The predicted octanol–water partition coefficient (Wildman–Crippen LogP) is 4.03. The zero-order valence-corrected chi connectivity index (χ0v) is 19.1. The second-order valence-corrected chi connectivity index (χ2v) is 9.25. The Labute approximate surface area is 198 Å². The van der Waals surface area contributed by atoms with E-state index in [1.165, 1.54) is 23.3 Å². The topological polar surface area (TPSA) is 75.9 Å². The Kier molecular flexibility index (Phi) is 5.96. The summed E-state index contributed by atoms with van der Waals surface area (Å²) in [5.74, 6) is -0.190. The number of hydrogen-bond donors (Lipinski definition) is 0.